The Morgan fingerprint density at radius 1 is 1.22 bits per heavy atom. The fraction of sp³-hybridized carbons (Fsp3) is 0.435. The number of rotatable bonds is 8. The van der Waals surface area contributed by atoms with E-state index >= 15 is 0 Å². The van der Waals surface area contributed by atoms with Gasteiger partial charge in [0, 0.05) is 25.2 Å². The molecule has 1 fully saturated rings. The van der Waals surface area contributed by atoms with Gasteiger partial charge in [0.2, 0.25) is 15.9 Å². The summed E-state index contributed by atoms with van der Waals surface area (Å²) in [6.07, 6.45) is 2.74. The number of hydrogen-bond donors (Lipinski definition) is 1. The van der Waals surface area contributed by atoms with Crippen molar-refractivity contribution in [3.63, 3.8) is 0 Å². The van der Waals surface area contributed by atoms with Gasteiger partial charge in [-0.2, -0.15) is 0 Å². The Morgan fingerprint density at radius 2 is 1.88 bits per heavy atom. The minimum atomic E-state index is -3.84. The van der Waals surface area contributed by atoms with E-state index in [0.717, 1.165) is 35.0 Å². The Hall–Kier alpha value is -2.16. The highest BCUT2D eigenvalue weighted by Gasteiger charge is 2.37. The van der Waals surface area contributed by atoms with Crippen LogP contribution in [0.4, 0.5) is 10.1 Å². The number of halogens is 2. The van der Waals surface area contributed by atoms with E-state index in [0.29, 0.717) is 19.8 Å². The van der Waals surface area contributed by atoms with Crippen molar-refractivity contribution in [2.75, 3.05) is 30.3 Å². The number of carbonyl (C=O) groups excluding carboxylic acids is 1. The quantitative estimate of drug-likeness (QED) is 0.619. The summed E-state index contributed by atoms with van der Waals surface area (Å²) in [6, 6.07) is 12.6. The van der Waals surface area contributed by atoms with Crippen LogP contribution in [0.2, 0.25) is 5.02 Å². The lowest BCUT2D eigenvalue weighted by atomic mass is 9.74. The fourth-order valence-corrected chi connectivity index (χ4v) is 5.56. The lowest BCUT2D eigenvalue weighted by molar-refractivity contribution is -0.122. The molecular formula is C23H28ClFN2O4S. The molecule has 1 saturated heterocycles. The van der Waals surface area contributed by atoms with Gasteiger partial charge in [-0.15, -0.1) is 0 Å². The third-order valence-corrected chi connectivity index (χ3v) is 7.39. The molecule has 0 aliphatic carbocycles. The van der Waals surface area contributed by atoms with Gasteiger partial charge in [0.1, 0.15) is 11.9 Å². The largest absolute Gasteiger partial charge is 0.381 e. The SMILES string of the molecule is CC[C@H](C(=O)NCC1(c2ccccc2)CCOCC1)N(c1ccc(F)c(Cl)c1)S(C)(=O)=O. The Balaban J connectivity index is 1.86. The third-order valence-electron chi connectivity index (χ3n) is 5.92. The standard InChI is InChI=1S/C23H28ClFN2O4S/c1-3-21(27(32(2,29)30)18-9-10-20(25)19(24)15-18)22(28)26-16-23(11-13-31-14-12-23)17-7-5-4-6-8-17/h4-10,15,21H,3,11-14,16H2,1-2H3,(H,26,28)/t21-/m1/s1. The zero-order valence-electron chi connectivity index (χ0n) is 18.2. The van der Waals surface area contributed by atoms with Crippen molar-refractivity contribution >= 4 is 33.2 Å². The van der Waals surface area contributed by atoms with Crippen LogP contribution < -0.4 is 9.62 Å². The van der Waals surface area contributed by atoms with Crippen LogP contribution in [-0.2, 0) is 25.0 Å². The Labute approximate surface area is 193 Å². The minimum absolute atomic E-state index is 0.143. The molecule has 2 aromatic rings. The first-order valence-electron chi connectivity index (χ1n) is 10.5. The van der Waals surface area contributed by atoms with Crippen molar-refractivity contribution < 1.29 is 22.3 Å². The Kier molecular flexibility index (Phi) is 7.79. The van der Waals surface area contributed by atoms with Crippen LogP contribution in [0.5, 0.6) is 0 Å². The summed E-state index contributed by atoms with van der Waals surface area (Å²) < 4.78 is 45.4. The summed E-state index contributed by atoms with van der Waals surface area (Å²) >= 11 is 5.88. The van der Waals surface area contributed by atoms with Crippen molar-refractivity contribution in [2.24, 2.45) is 0 Å². The summed E-state index contributed by atoms with van der Waals surface area (Å²) in [4.78, 5) is 13.2. The van der Waals surface area contributed by atoms with Crippen molar-refractivity contribution in [1.29, 1.82) is 0 Å². The first-order chi connectivity index (χ1) is 15.2. The van der Waals surface area contributed by atoms with E-state index in [1.165, 1.54) is 12.1 Å². The summed E-state index contributed by atoms with van der Waals surface area (Å²) in [6.45, 7) is 3.27. The van der Waals surface area contributed by atoms with Crippen molar-refractivity contribution in [3.05, 3.63) is 64.9 Å². The molecule has 6 nitrogen and oxygen atoms in total. The molecular weight excluding hydrogens is 455 g/mol. The number of hydrogen-bond acceptors (Lipinski definition) is 4. The van der Waals surface area contributed by atoms with Crippen LogP contribution in [0.25, 0.3) is 0 Å². The van der Waals surface area contributed by atoms with Crippen LogP contribution in [-0.4, -0.2) is 46.4 Å². The van der Waals surface area contributed by atoms with Gasteiger partial charge in [-0.25, -0.2) is 12.8 Å². The average Bonchev–Trinajstić information content (AvgIpc) is 2.78. The van der Waals surface area contributed by atoms with Crippen LogP contribution in [0.1, 0.15) is 31.7 Å². The number of benzene rings is 2. The van der Waals surface area contributed by atoms with E-state index in [1.54, 1.807) is 6.92 Å². The maximum absolute atomic E-state index is 13.6. The fourth-order valence-electron chi connectivity index (χ4n) is 4.18. The second-order valence-electron chi connectivity index (χ2n) is 8.06. The summed E-state index contributed by atoms with van der Waals surface area (Å²) in [5.41, 5.74) is 0.967. The van der Waals surface area contributed by atoms with Crippen molar-refractivity contribution in [3.8, 4) is 0 Å². The molecule has 3 rings (SSSR count). The van der Waals surface area contributed by atoms with Gasteiger partial charge in [0.15, 0.2) is 0 Å². The molecule has 0 saturated carbocycles. The topological polar surface area (TPSA) is 75.7 Å². The first-order valence-corrected chi connectivity index (χ1v) is 12.8. The first kappa shape index (κ1) is 24.5. The maximum atomic E-state index is 13.6. The van der Waals surface area contributed by atoms with E-state index in [-0.39, 0.29) is 22.5 Å². The average molecular weight is 483 g/mol. The van der Waals surface area contributed by atoms with E-state index in [2.05, 4.69) is 5.32 Å². The molecule has 0 aromatic heterocycles. The lowest BCUT2D eigenvalue weighted by Crippen LogP contribution is -2.52. The molecule has 9 heteroatoms. The highest BCUT2D eigenvalue weighted by atomic mass is 35.5. The van der Waals surface area contributed by atoms with Gasteiger partial charge in [-0.05, 0) is 43.0 Å². The number of amides is 1. The van der Waals surface area contributed by atoms with Crippen LogP contribution in [0.15, 0.2) is 48.5 Å². The molecule has 1 aliphatic heterocycles. The summed E-state index contributed by atoms with van der Waals surface area (Å²) in [5.74, 6) is -1.08. The molecule has 2 aromatic carbocycles. The van der Waals surface area contributed by atoms with Crippen LogP contribution in [0.3, 0.4) is 0 Å². The zero-order chi connectivity index (χ0) is 23.4. The monoisotopic (exact) mass is 482 g/mol. The number of sulfonamides is 1. The lowest BCUT2D eigenvalue weighted by Gasteiger charge is -2.39. The Bertz CT molecular complexity index is 1040. The number of ether oxygens (including phenoxy) is 1. The molecule has 0 unspecified atom stereocenters. The predicted octanol–water partition coefficient (Wildman–Crippen LogP) is 3.89. The Morgan fingerprint density at radius 3 is 2.44 bits per heavy atom. The van der Waals surface area contributed by atoms with Crippen molar-refractivity contribution in [1.82, 2.24) is 5.32 Å². The van der Waals surface area contributed by atoms with E-state index < -0.39 is 27.8 Å². The maximum Gasteiger partial charge on any atom is 0.243 e. The highest BCUT2D eigenvalue weighted by molar-refractivity contribution is 7.92. The molecule has 1 aliphatic rings. The second-order valence-corrected chi connectivity index (χ2v) is 10.3. The molecule has 174 valence electrons. The van der Waals surface area contributed by atoms with Gasteiger partial charge in [0.25, 0.3) is 0 Å². The number of carbonyl (C=O) groups is 1. The van der Waals surface area contributed by atoms with Crippen LogP contribution >= 0.6 is 11.6 Å². The van der Waals surface area contributed by atoms with Gasteiger partial charge in [-0.3, -0.25) is 9.10 Å². The smallest absolute Gasteiger partial charge is 0.243 e. The molecule has 1 N–H and O–H groups in total. The molecule has 32 heavy (non-hydrogen) atoms. The van der Waals surface area contributed by atoms with Crippen molar-refractivity contribution in [2.45, 2.75) is 37.6 Å². The van der Waals surface area contributed by atoms with Gasteiger partial charge in [-0.1, -0.05) is 48.9 Å². The molecule has 0 radical (unpaired) electrons. The minimum Gasteiger partial charge on any atom is -0.381 e. The highest BCUT2D eigenvalue weighted by Crippen LogP contribution is 2.34. The normalized spacial score (nSPS) is 16.9. The van der Waals surface area contributed by atoms with E-state index in [9.17, 15) is 17.6 Å². The van der Waals surface area contributed by atoms with Gasteiger partial charge < -0.3 is 10.1 Å². The third kappa shape index (κ3) is 5.42. The molecule has 1 atom stereocenters. The molecule has 1 heterocycles. The zero-order valence-corrected chi connectivity index (χ0v) is 19.8. The van der Waals surface area contributed by atoms with Crippen LogP contribution in [0, 0.1) is 5.82 Å². The summed E-state index contributed by atoms with van der Waals surface area (Å²) in [5, 5.41) is 2.77. The summed E-state index contributed by atoms with van der Waals surface area (Å²) in [7, 11) is -3.84. The van der Waals surface area contributed by atoms with E-state index in [1.807, 2.05) is 30.3 Å². The second kappa shape index (κ2) is 10.2. The number of anilines is 1. The van der Waals surface area contributed by atoms with E-state index in [4.69, 9.17) is 16.3 Å². The molecule has 0 spiro atoms. The number of nitrogens with zero attached hydrogens (tertiary/aromatic N) is 1. The van der Waals surface area contributed by atoms with Gasteiger partial charge >= 0.3 is 0 Å². The predicted molar refractivity (Wildman–Crippen MR) is 124 cm³/mol. The molecule has 1 amide bonds. The van der Waals surface area contributed by atoms with Gasteiger partial charge in [0.05, 0.1) is 17.0 Å². The number of nitrogens with one attached hydrogen (secondary N) is 1. The molecule has 0 bridgehead atoms.